The molecule has 3 aromatic rings. The molecule has 0 saturated carbocycles. The number of halogens is 1. The topological polar surface area (TPSA) is 78.5 Å². The number of ether oxygens (including phenoxy) is 5. The van der Waals surface area contributed by atoms with Gasteiger partial charge in [0, 0.05) is 17.5 Å². The second-order valence-electron chi connectivity index (χ2n) is 9.27. The molecule has 1 unspecified atom stereocenters. The minimum atomic E-state index is -0.398. The standard InChI is InChI=1S/C31H38N2O6S.ClH/c1-33-24-11-5-6-14-28(24)40-30(31(33)34)23-21-22(35-2)15-16-25(23)38-19-8-7-17-32-18-10-20-39-29-26(36-3)12-9-13-27(29)37-4;/h5-6,9,11-16,21,30,32H,7-8,10,17-20H2,1-4H3;1H. The van der Waals surface area contributed by atoms with Crippen molar-refractivity contribution in [1.82, 2.24) is 5.32 Å². The Morgan fingerprint density at radius 2 is 1.51 bits per heavy atom. The average molecular weight is 603 g/mol. The van der Waals surface area contributed by atoms with E-state index in [1.54, 1.807) is 38.0 Å². The molecule has 0 bridgehead atoms. The first-order valence-electron chi connectivity index (χ1n) is 13.5. The number of thioether (sulfide) groups is 1. The van der Waals surface area contributed by atoms with Crippen LogP contribution in [0.5, 0.6) is 28.7 Å². The fourth-order valence-corrected chi connectivity index (χ4v) is 5.79. The Morgan fingerprint density at radius 1 is 0.805 bits per heavy atom. The number of likely N-dealkylation sites (N-methyl/N-ethyl adjacent to an activating group) is 1. The molecule has 0 fully saturated rings. The van der Waals surface area contributed by atoms with Crippen molar-refractivity contribution in [2.24, 2.45) is 0 Å². The van der Waals surface area contributed by atoms with E-state index >= 15 is 0 Å². The van der Waals surface area contributed by atoms with E-state index in [1.807, 2.05) is 67.7 Å². The highest BCUT2D eigenvalue weighted by molar-refractivity contribution is 8.00. The van der Waals surface area contributed by atoms with Crippen LogP contribution in [0.15, 0.2) is 65.6 Å². The number of benzene rings is 3. The van der Waals surface area contributed by atoms with Gasteiger partial charge < -0.3 is 33.9 Å². The maximum Gasteiger partial charge on any atom is 0.244 e. The molecule has 1 amide bonds. The van der Waals surface area contributed by atoms with Crippen molar-refractivity contribution in [1.29, 1.82) is 0 Å². The quantitative estimate of drug-likeness (QED) is 0.207. The van der Waals surface area contributed by atoms with Crippen molar-refractivity contribution < 1.29 is 28.5 Å². The van der Waals surface area contributed by atoms with Crippen molar-refractivity contribution in [2.45, 2.75) is 29.4 Å². The lowest BCUT2D eigenvalue weighted by atomic mass is 10.1. The summed E-state index contributed by atoms with van der Waals surface area (Å²) in [6, 6.07) is 19.2. The molecule has 222 valence electrons. The Hall–Kier alpha value is -3.27. The lowest BCUT2D eigenvalue weighted by Crippen LogP contribution is -2.33. The number of fused-ring (bicyclic) bond motifs is 1. The average Bonchev–Trinajstić information content (AvgIpc) is 2.99. The molecule has 8 nitrogen and oxygen atoms in total. The summed E-state index contributed by atoms with van der Waals surface area (Å²) in [5.41, 5.74) is 1.76. The summed E-state index contributed by atoms with van der Waals surface area (Å²) < 4.78 is 28.3. The molecule has 1 atom stereocenters. The van der Waals surface area contributed by atoms with Gasteiger partial charge in [0.2, 0.25) is 11.7 Å². The fraction of sp³-hybridized carbons (Fsp3) is 0.387. The van der Waals surface area contributed by atoms with Crippen LogP contribution in [0.1, 0.15) is 30.1 Å². The predicted octanol–water partition coefficient (Wildman–Crippen LogP) is 6.16. The Morgan fingerprint density at radius 3 is 2.24 bits per heavy atom. The highest BCUT2D eigenvalue weighted by atomic mass is 35.5. The lowest BCUT2D eigenvalue weighted by molar-refractivity contribution is -0.118. The van der Waals surface area contributed by atoms with E-state index in [9.17, 15) is 4.79 Å². The van der Waals surface area contributed by atoms with Crippen molar-refractivity contribution in [3.8, 4) is 28.7 Å². The summed E-state index contributed by atoms with van der Waals surface area (Å²) in [5.74, 6) is 3.41. The maximum atomic E-state index is 13.3. The number of hydrogen-bond acceptors (Lipinski definition) is 8. The number of methoxy groups -OCH3 is 3. The summed E-state index contributed by atoms with van der Waals surface area (Å²) in [6.45, 7) is 2.85. The molecule has 0 aromatic heterocycles. The third-order valence-electron chi connectivity index (χ3n) is 6.66. The van der Waals surface area contributed by atoms with Crippen molar-refractivity contribution >= 4 is 35.8 Å². The van der Waals surface area contributed by atoms with Crippen LogP contribution in [0, 0.1) is 0 Å². The summed E-state index contributed by atoms with van der Waals surface area (Å²) in [6.07, 6.45) is 2.72. The molecule has 0 saturated heterocycles. The Bertz CT molecular complexity index is 1250. The van der Waals surface area contributed by atoms with Gasteiger partial charge in [-0.05, 0) is 74.8 Å². The number of anilines is 1. The monoisotopic (exact) mass is 602 g/mol. The first kappa shape index (κ1) is 32.2. The summed E-state index contributed by atoms with van der Waals surface area (Å²) in [4.78, 5) is 16.1. The van der Waals surface area contributed by atoms with Gasteiger partial charge in [0.1, 0.15) is 16.7 Å². The van der Waals surface area contributed by atoms with Crippen molar-refractivity contribution in [3.05, 3.63) is 66.2 Å². The fourth-order valence-electron chi connectivity index (χ4n) is 4.48. The Kier molecular flexibility index (Phi) is 12.8. The number of unbranched alkanes of at least 4 members (excludes halogenated alkanes) is 1. The molecule has 1 N–H and O–H groups in total. The van der Waals surface area contributed by atoms with E-state index in [0.717, 1.165) is 54.2 Å². The molecule has 41 heavy (non-hydrogen) atoms. The second kappa shape index (κ2) is 16.2. The molecule has 1 aliphatic heterocycles. The number of para-hydroxylation sites is 2. The van der Waals surface area contributed by atoms with E-state index in [1.165, 1.54) is 0 Å². The van der Waals surface area contributed by atoms with Gasteiger partial charge in [-0.25, -0.2) is 0 Å². The summed E-state index contributed by atoms with van der Waals surface area (Å²) in [5, 5.41) is 3.06. The maximum absolute atomic E-state index is 13.3. The first-order valence-corrected chi connectivity index (χ1v) is 14.3. The van der Waals surface area contributed by atoms with Crippen LogP contribution < -0.4 is 33.9 Å². The number of carbonyl (C=O) groups excluding carboxylic acids is 1. The largest absolute Gasteiger partial charge is 0.497 e. The van der Waals surface area contributed by atoms with E-state index in [-0.39, 0.29) is 18.3 Å². The molecule has 1 heterocycles. The molecule has 1 aliphatic rings. The van der Waals surface area contributed by atoms with Crippen LogP contribution >= 0.6 is 24.2 Å². The van der Waals surface area contributed by atoms with Crippen LogP contribution in [-0.4, -0.2) is 60.6 Å². The number of carbonyl (C=O) groups is 1. The zero-order chi connectivity index (χ0) is 28.3. The highest BCUT2D eigenvalue weighted by Gasteiger charge is 2.34. The van der Waals surface area contributed by atoms with Crippen LogP contribution in [0.4, 0.5) is 5.69 Å². The van der Waals surface area contributed by atoms with Gasteiger partial charge in [-0.15, -0.1) is 24.2 Å². The summed E-state index contributed by atoms with van der Waals surface area (Å²) >= 11 is 1.55. The molecular formula is C31H39ClN2O6S. The molecule has 4 rings (SSSR count). The van der Waals surface area contributed by atoms with Gasteiger partial charge >= 0.3 is 0 Å². The van der Waals surface area contributed by atoms with Gasteiger partial charge in [-0.2, -0.15) is 0 Å². The van der Waals surface area contributed by atoms with Crippen LogP contribution in [0.3, 0.4) is 0 Å². The summed E-state index contributed by atoms with van der Waals surface area (Å²) in [7, 11) is 6.69. The molecular weight excluding hydrogens is 564 g/mol. The zero-order valence-electron chi connectivity index (χ0n) is 24.0. The van der Waals surface area contributed by atoms with E-state index < -0.39 is 5.25 Å². The number of nitrogens with one attached hydrogen (secondary N) is 1. The second-order valence-corrected chi connectivity index (χ2v) is 10.4. The van der Waals surface area contributed by atoms with Crippen molar-refractivity contribution in [2.75, 3.05) is 59.6 Å². The third kappa shape index (κ3) is 8.15. The lowest BCUT2D eigenvalue weighted by Gasteiger charge is -2.32. The Labute approximate surface area is 253 Å². The molecule has 0 spiro atoms. The number of amides is 1. The van der Waals surface area contributed by atoms with Crippen molar-refractivity contribution in [3.63, 3.8) is 0 Å². The Balaban J connectivity index is 0.00000462. The third-order valence-corrected chi connectivity index (χ3v) is 7.95. The van der Waals surface area contributed by atoms with Gasteiger partial charge in [-0.1, -0.05) is 18.2 Å². The number of nitrogens with zero attached hydrogens (tertiary/aromatic N) is 1. The highest BCUT2D eigenvalue weighted by Crippen LogP contribution is 2.48. The normalized spacial score (nSPS) is 14.1. The molecule has 10 heteroatoms. The molecule has 0 radical (unpaired) electrons. The predicted molar refractivity (Wildman–Crippen MR) is 166 cm³/mol. The van der Waals surface area contributed by atoms with E-state index in [0.29, 0.717) is 36.2 Å². The molecule has 3 aromatic carbocycles. The van der Waals surface area contributed by atoms with Gasteiger partial charge in [0.05, 0.1) is 40.2 Å². The van der Waals surface area contributed by atoms with Gasteiger partial charge in [-0.3, -0.25) is 4.79 Å². The minimum Gasteiger partial charge on any atom is -0.497 e. The number of hydrogen-bond donors (Lipinski definition) is 1. The zero-order valence-corrected chi connectivity index (χ0v) is 25.6. The smallest absolute Gasteiger partial charge is 0.244 e. The SMILES string of the molecule is COc1ccc(OCCCCNCCCOc2c(OC)cccc2OC)c(C2Sc3ccccc3N(C)C2=O)c1.Cl. The van der Waals surface area contributed by atoms with E-state index in [4.69, 9.17) is 23.7 Å². The van der Waals surface area contributed by atoms with Crippen LogP contribution in [-0.2, 0) is 4.79 Å². The molecule has 0 aliphatic carbocycles. The van der Waals surface area contributed by atoms with Gasteiger partial charge in [0.25, 0.3) is 0 Å². The van der Waals surface area contributed by atoms with Gasteiger partial charge in [0.15, 0.2) is 11.5 Å². The van der Waals surface area contributed by atoms with Crippen LogP contribution in [0.25, 0.3) is 0 Å². The van der Waals surface area contributed by atoms with Crippen LogP contribution in [0.2, 0.25) is 0 Å². The first-order chi connectivity index (χ1) is 19.6. The number of rotatable bonds is 15. The van der Waals surface area contributed by atoms with E-state index in [2.05, 4.69) is 5.32 Å². The minimum absolute atomic E-state index is 0.